The van der Waals surface area contributed by atoms with E-state index < -0.39 is 0 Å². The lowest BCUT2D eigenvalue weighted by Crippen LogP contribution is -2.35. The Balaban J connectivity index is 1.86. The Morgan fingerprint density at radius 1 is 1.22 bits per heavy atom. The van der Waals surface area contributed by atoms with Crippen molar-refractivity contribution >= 4 is 0 Å². The third kappa shape index (κ3) is 1.97. The number of fused-ring (bicyclic) bond motifs is 2. The zero-order valence-electron chi connectivity index (χ0n) is 12.0. The van der Waals surface area contributed by atoms with E-state index in [2.05, 4.69) is 31.1 Å². The molecule has 0 aromatic rings. The molecule has 0 heterocycles. The molecule has 100 valence electrons. The van der Waals surface area contributed by atoms with Gasteiger partial charge in [0.1, 0.15) is 0 Å². The first-order valence-corrected chi connectivity index (χ1v) is 7.73. The molecule has 1 nitrogen and oxygen atoms in total. The lowest BCUT2D eigenvalue weighted by molar-refractivity contribution is 0.128. The predicted octanol–water partition coefficient (Wildman–Crippen LogP) is 4.17. The van der Waals surface area contributed by atoms with Crippen molar-refractivity contribution in [3.8, 4) is 0 Å². The van der Waals surface area contributed by atoms with Gasteiger partial charge in [-0.25, -0.2) is 0 Å². The van der Waals surface area contributed by atoms with Crippen molar-refractivity contribution in [3.63, 3.8) is 0 Å². The maximum absolute atomic E-state index is 2.42. The molecule has 3 aliphatic carbocycles. The Morgan fingerprint density at radius 3 is 2.89 bits per heavy atom. The van der Waals surface area contributed by atoms with E-state index in [0.717, 1.165) is 5.92 Å². The third-order valence-corrected chi connectivity index (χ3v) is 5.59. The normalized spacial score (nSPS) is 34.9. The van der Waals surface area contributed by atoms with Gasteiger partial charge in [-0.2, -0.15) is 0 Å². The summed E-state index contributed by atoms with van der Waals surface area (Å²) in [6.45, 7) is 1.26. The highest BCUT2D eigenvalue weighted by molar-refractivity contribution is 5.36. The lowest BCUT2D eigenvalue weighted by Gasteiger charge is -2.43. The average molecular weight is 245 g/mol. The Morgan fingerprint density at radius 2 is 2.06 bits per heavy atom. The molecule has 0 spiro atoms. The molecule has 0 N–H and O–H groups in total. The fourth-order valence-electron chi connectivity index (χ4n) is 4.66. The average Bonchev–Trinajstić information content (AvgIpc) is 2.71. The third-order valence-electron chi connectivity index (χ3n) is 5.59. The Labute approximate surface area is 112 Å². The first kappa shape index (κ1) is 12.5. The molecule has 1 heteroatoms. The van der Waals surface area contributed by atoms with Crippen molar-refractivity contribution in [1.29, 1.82) is 0 Å². The fourth-order valence-corrected chi connectivity index (χ4v) is 4.66. The first-order valence-electron chi connectivity index (χ1n) is 7.73. The van der Waals surface area contributed by atoms with Crippen LogP contribution in [-0.2, 0) is 0 Å². The van der Waals surface area contributed by atoms with Crippen molar-refractivity contribution in [1.82, 2.24) is 4.90 Å². The van der Waals surface area contributed by atoms with Gasteiger partial charge in [-0.1, -0.05) is 36.1 Å². The molecule has 18 heavy (non-hydrogen) atoms. The lowest BCUT2D eigenvalue weighted by atomic mass is 9.62. The summed E-state index contributed by atoms with van der Waals surface area (Å²) in [6.07, 6.45) is 16.1. The van der Waals surface area contributed by atoms with Crippen LogP contribution in [0.3, 0.4) is 0 Å². The van der Waals surface area contributed by atoms with Crippen LogP contribution in [0.5, 0.6) is 0 Å². The smallest absolute Gasteiger partial charge is 0.00163 e. The topological polar surface area (TPSA) is 3.24 Å². The van der Waals surface area contributed by atoms with E-state index in [9.17, 15) is 0 Å². The summed E-state index contributed by atoms with van der Waals surface area (Å²) in [5, 5.41) is 0. The Bertz CT molecular complexity index is 377. The van der Waals surface area contributed by atoms with E-state index in [1.54, 1.807) is 0 Å². The molecule has 0 aromatic carbocycles. The molecular formula is C17H27N. The quantitative estimate of drug-likeness (QED) is 0.675. The van der Waals surface area contributed by atoms with Crippen molar-refractivity contribution in [2.75, 3.05) is 20.6 Å². The van der Waals surface area contributed by atoms with Gasteiger partial charge in [0.2, 0.25) is 0 Å². The van der Waals surface area contributed by atoms with Crippen LogP contribution >= 0.6 is 0 Å². The van der Waals surface area contributed by atoms with Crippen molar-refractivity contribution in [2.24, 2.45) is 11.3 Å². The molecule has 1 fully saturated rings. The Kier molecular flexibility index (Phi) is 3.36. The van der Waals surface area contributed by atoms with Gasteiger partial charge in [-0.05, 0) is 70.5 Å². The Hall–Kier alpha value is -0.560. The van der Waals surface area contributed by atoms with E-state index in [0.29, 0.717) is 5.41 Å². The molecule has 0 saturated heterocycles. The molecule has 0 amide bonds. The van der Waals surface area contributed by atoms with Crippen molar-refractivity contribution in [2.45, 2.75) is 51.4 Å². The predicted molar refractivity (Wildman–Crippen MR) is 77.6 cm³/mol. The monoisotopic (exact) mass is 245 g/mol. The second-order valence-electron chi connectivity index (χ2n) is 6.82. The van der Waals surface area contributed by atoms with Gasteiger partial charge < -0.3 is 4.90 Å². The van der Waals surface area contributed by atoms with Crippen LogP contribution in [0.15, 0.2) is 23.3 Å². The highest BCUT2D eigenvalue weighted by atomic mass is 15.0. The van der Waals surface area contributed by atoms with E-state index in [4.69, 9.17) is 0 Å². The number of hydrogen-bond acceptors (Lipinski definition) is 1. The van der Waals surface area contributed by atoms with E-state index >= 15 is 0 Å². The van der Waals surface area contributed by atoms with Crippen LogP contribution in [0, 0.1) is 11.3 Å². The summed E-state index contributed by atoms with van der Waals surface area (Å²) in [4.78, 5) is 2.37. The minimum absolute atomic E-state index is 0.600. The molecular weight excluding hydrogens is 218 g/mol. The van der Waals surface area contributed by atoms with Crippen LogP contribution in [0.2, 0.25) is 0 Å². The van der Waals surface area contributed by atoms with Crippen molar-refractivity contribution < 1.29 is 0 Å². The molecule has 0 aromatic heterocycles. The van der Waals surface area contributed by atoms with Gasteiger partial charge in [0.05, 0.1) is 0 Å². The van der Waals surface area contributed by atoms with Crippen LogP contribution < -0.4 is 0 Å². The largest absolute Gasteiger partial charge is 0.309 e. The first-order chi connectivity index (χ1) is 8.72. The highest BCUT2D eigenvalue weighted by Gasteiger charge is 2.48. The second-order valence-corrected chi connectivity index (χ2v) is 6.82. The summed E-state index contributed by atoms with van der Waals surface area (Å²) in [6, 6.07) is 0. The minimum atomic E-state index is 0.600. The summed E-state index contributed by atoms with van der Waals surface area (Å²) in [5.41, 5.74) is 4.29. The molecule has 2 atom stereocenters. The summed E-state index contributed by atoms with van der Waals surface area (Å²) >= 11 is 0. The summed E-state index contributed by atoms with van der Waals surface area (Å²) in [5.74, 6) is 0.982. The van der Waals surface area contributed by atoms with Gasteiger partial charge in [0, 0.05) is 0 Å². The summed E-state index contributed by atoms with van der Waals surface area (Å²) < 4.78 is 0. The van der Waals surface area contributed by atoms with E-state index in [1.807, 2.05) is 11.1 Å². The van der Waals surface area contributed by atoms with Gasteiger partial charge in [-0.15, -0.1) is 0 Å². The van der Waals surface area contributed by atoms with Crippen LogP contribution in [0.1, 0.15) is 51.4 Å². The fraction of sp³-hybridized carbons (Fsp3) is 0.765. The number of rotatable bonds is 3. The number of hydrogen-bond donors (Lipinski definition) is 0. The maximum Gasteiger partial charge on any atom is -0.00163 e. The SMILES string of the molecule is CN(C)CCC12CCCCC1CC1=C2CC=CC1. The number of allylic oxidation sites excluding steroid dienone is 4. The molecule has 0 radical (unpaired) electrons. The summed E-state index contributed by atoms with van der Waals surface area (Å²) in [7, 11) is 4.44. The van der Waals surface area contributed by atoms with Gasteiger partial charge in [0.15, 0.2) is 0 Å². The molecule has 0 bridgehead atoms. The number of nitrogens with zero attached hydrogens (tertiary/aromatic N) is 1. The minimum Gasteiger partial charge on any atom is -0.309 e. The standard InChI is InChI=1S/C17H27N/c1-18(2)12-11-17-10-6-5-8-15(17)13-14-7-3-4-9-16(14)17/h3-4,15H,5-13H2,1-2H3. The van der Waals surface area contributed by atoms with Gasteiger partial charge >= 0.3 is 0 Å². The molecule has 0 aliphatic heterocycles. The van der Waals surface area contributed by atoms with Crippen LogP contribution in [0.4, 0.5) is 0 Å². The highest BCUT2D eigenvalue weighted by Crippen LogP contribution is 2.59. The van der Waals surface area contributed by atoms with Crippen LogP contribution in [-0.4, -0.2) is 25.5 Å². The van der Waals surface area contributed by atoms with E-state index in [1.165, 1.54) is 57.9 Å². The molecule has 3 rings (SSSR count). The zero-order valence-corrected chi connectivity index (χ0v) is 12.0. The van der Waals surface area contributed by atoms with Gasteiger partial charge in [-0.3, -0.25) is 0 Å². The van der Waals surface area contributed by atoms with E-state index in [-0.39, 0.29) is 0 Å². The molecule has 1 saturated carbocycles. The van der Waals surface area contributed by atoms with Crippen molar-refractivity contribution in [3.05, 3.63) is 23.3 Å². The molecule has 2 unspecified atom stereocenters. The maximum atomic E-state index is 2.42. The van der Waals surface area contributed by atoms with Gasteiger partial charge in [0.25, 0.3) is 0 Å². The second kappa shape index (κ2) is 4.85. The van der Waals surface area contributed by atoms with Crippen LogP contribution in [0.25, 0.3) is 0 Å². The zero-order chi connectivity index (χ0) is 12.6. The molecule has 3 aliphatic rings.